The summed E-state index contributed by atoms with van der Waals surface area (Å²) in [5.41, 5.74) is 16.8. The van der Waals surface area contributed by atoms with Crippen LogP contribution in [0.3, 0.4) is 0 Å². The van der Waals surface area contributed by atoms with E-state index in [9.17, 15) is 82.4 Å². The summed E-state index contributed by atoms with van der Waals surface area (Å²) >= 11 is 0. The van der Waals surface area contributed by atoms with Crippen molar-refractivity contribution in [2.24, 2.45) is 40.9 Å². The number of phenols is 2. The van der Waals surface area contributed by atoms with Gasteiger partial charge in [-0.2, -0.15) is 0 Å². The molecule has 42 heteroatoms. The molecule has 0 bridgehead atoms. The molecule has 4 aromatic carbocycles. The molecule has 6 aromatic rings. The number of fused-ring (bicyclic) bond motifs is 2. The topological polar surface area (TPSA) is 675 Å². The van der Waals surface area contributed by atoms with E-state index < -0.39 is 246 Å². The number of amides is 18. The summed E-state index contributed by atoms with van der Waals surface area (Å²) in [5.74, 6) is -20.0. The number of aromatic hydroxyl groups is 2. The summed E-state index contributed by atoms with van der Waals surface area (Å²) in [6.07, 6.45) is 3.14. The average Bonchev–Trinajstić information content (AvgIpc) is 1.72. The molecule has 0 fully saturated rings. The molecule has 0 saturated carbocycles. The van der Waals surface area contributed by atoms with Crippen LogP contribution in [0.2, 0.25) is 0 Å². The van der Waals surface area contributed by atoms with E-state index >= 15 is 24.0 Å². The van der Waals surface area contributed by atoms with E-state index in [1.165, 1.54) is 76.2 Å². The Morgan fingerprint density at radius 3 is 1.33 bits per heavy atom. The standard InChI is InChI=1S/C99H138N20O22/c1-53(2)41-72(88(132)107-69(35-37-80(100)123)87(131)113-76(45-59-27-31-63(121)32-28-59)91(135)108-71(84(102)128)47-61-50-104-67-25-19-17-23-65(61)67)110-89(133)73(42-54(3)4)112-94(138)79(49-81(101)124)115-93(137)78(48-62-51-105-68-26-20-18-24-66(62)68)114-90(134)74(43-55(5)6)111-92(136)77(46-60-29-33-64(122)34-30-60)117-97(141)99(12)40-22-16-14-13-15-21-39-98(11,118-82(125)52-103-58(10)120)96(140)116-70(36-38-83(126)127)86(130)106-57(9)85(129)109-75(44-56(7)8)95(139)119-99/h13-14,17-20,23-34,50-51,53-57,69-79,104-105,121-122H,15-16,21-22,35-49,52H2,1-12H3,(H2,100,123)(H2,101,124)(H2,102,128)(H,103,120)(H,106,130)(H,107,132)(H,108,135)(H,109,129)(H,110,133)(H,111,136)(H,112,138)(H,113,131)(H,114,134)(H,115,137)(H,116,140)(H,117,141)(H,118,125)(H,119,139)(H,126,127)/b14-13-/t57-,69-,70-,71-,72-,73-,74-,75-,76-,77-,78-,79-,98-,99-/m0/s1. The SMILES string of the molecule is CC(=O)NCC(=O)N[C@@]1(C)CCC/C=C\CCC[C@@](C)(C(=O)N[C@@H](Cc2ccc(O)cc2)C(=O)N[C@@H](CC(C)C)C(=O)N[C@@H](Cc2c[nH]c3ccccc23)C(=O)N[C@@H](CC(N)=O)C(=O)N[C@@H](CC(C)C)C(=O)N[C@@H](CC(C)C)C(=O)N[C@@H](CCC(N)=O)C(=O)N[C@@H](Cc2ccc(O)cc2)C(=O)N[C@@H](Cc2c[nH]c3ccccc23)C(N)=O)NC(=O)[C@H](CC(C)C)NC(=O)[C@H](C)NC(=O)[C@H](CCC(=O)O)NC1=O. The Labute approximate surface area is 817 Å². The lowest BCUT2D eigenvalue weighted by atomic mass is 9.91. The van der Waals surface area contributed by atoms with Crippen molar-refractivity contribution in [1.29, 1.82) is 0 Å². The lowest BCUT2D eigenvalue weighted by Gasteiger charge is -2.34. The van der Waals surface area contributed by atoms with E-state index in [1.807, 2.05) is 12.1 Å². The number of phenolic OH excluding ortho intramolecular Hbond substituents is 2. The number of benzene rings is 4. The third kappa shape index (κ3) is 36.8. The Morgan fingerprint density at radius 2 is 0.872 bits per heavy atom. The highest BCUT2D eigenvalue weighted by molar-refractivity contribution is 6.03. The molecule has 1 aliphatic heterocycles. The zero-order valence-corrected chi connectivity index (χ0v) is 81.8. The fourth-order valence-electron chi connectivity index (χ4n) is 16.2. The number of carbonyl (C=O) groups is 19. The number of rotatable bonds is 46. The van der Waals surface area contributed by atoms with Gasteiger partial charge < -0.3 is 122 Å². The fraction of sp³-hybridized carbons (Fsp3) is 0.505. The molecule has 0 spiro atoms. The molecule has 2 aromatic heterocycles. The van der Waals surface area contributed by atoms with Gasteiger partial charge in [0.25, 0.3) is 0 Å². The third-order valence-corrected chi connectivity index (χ3v) is 23.8. The minimum absolute atomic E-state index is 0.0516. The number of para-hydroxylation sites is 2. The number of nitrogens with one attached hydrogen (secondary N) is 17. The molecule has 7 rings (SSSR count). The van der Waals surface area contributed by atoms with Crippen LogP contribution in [0.15, 0.2) is 122 Å². The number of hydrogen-bond acceptors (Lipinski definition) is 21. The average molecular weight is 1960 g/mol. The van der Waals surface area contributed by atoms with Gasteiger partial charge in [0.05, 0.1) is 13.0 Å². The number of aromatic nitrogens is 2. The fourth-order valence-corrected chi connectivity index (χ4v) is 16.2. The van der Waals surface area contributed by atoms with Crippen molar-refractivity contribution in [2.45, 2.75) is 289 Å². The van der Waals surface area contributed by atoms with Gasteiger partial charge in [-0.15, -0.1) is 0 Å². The van der Waals surface area contributed by atoms with Crippen LogP contribution in [-0.2, 0) is 117 Å². The molecule has 766 valence electrons. The maximum absolute atomic E-state index is 15.6. The highest BCUT2D eigenvalue weighted by Crippen LogP contribution is 2.26. The Morgan fingerprint density at radius 1 is 0.454 bits per heavy atom. The first-order valence-electron chi connectivity index (χ1n) is 47.4. The van der Waals surface area contributed by atoms with E-state index in [0.29, 0.717) is 39.6 Å². The zero-order valence-electron chi connectivity index (χ0n) is 81.8. The largest absolute Gasteiger partial charge is 0.508 e. The second kappa shape index (κ2) is 54.0. The molecule has 0 aliphatic carbocycles. The molecule has 26 N–H and O–H groups in total. The lowest BCUT2D eigenvalue weighted by Crippen LogP contribution is -2.64. The van der Waals surface area contributed by atoms with Crippen molar-refractivity contribution in [1.82, 2.24) is 89.7 Å². The molecule has 42 nitrogen and oxygen atoms in total. The molecule has 0 saturated heterocycles. The number of nitrogens with two attached hydrogens (primary N) is 3. The van der Waals surface area contributed by atoms with Gasteiger partial charge in [0.15, 0.2) is 0 Å². The number of hydrogen-bond donors (Lipinski definition) is 23. The second-order valence-electron chi connectivity index (χ2n) is 38.1. The number of carboxylic acid groups (broad SMARTS) is 1. The molecular formula is C99H138N20O22. The molecule has 1 aliphatic rings. The van der Waals surface area contributed by atoms with E-state index in [2.05, 4.69) is 89.7 Å². The maximum Gasteiger partial charge on any atom is 0.303 e. The first kappa shape index (κ1) is 113. The number of allylic oxidation sites excluding steroid dienone is 2. The van der Waals surface area contributed by atoms with Gasteiger partial charge in [0, 0.05) is 79.6 Å². The van der Waals surface area contributed by atoms with Gasteiger partial charge in [-0.1, -0.05) is 128 Å². The zero-order chi connectivity index (χ0) is 104. The van der Waals surface area contributed by atoms with Crippen LogP contribution in [-0.4, -0.2) is 228 Å². The number of carboxylic acids is 1. The first-order valence-corrected chi connectivity index (χ1v) is 47.4. The molecule has 14 atom stereocenters. The predicted molar refractivity (Wildman–Crippen MR) is 521 cm³/mol. The van der Waals surface area contributed by atoms with Crippen molar-refractivity contribution in [3.63, 3.8) is 0 Å². The maximum atomic E-state index is 15.6. The Bertz CT molecular complexity index is 5460. The van der Waals surface area contributed by atoms with Crippen LogP contribution in [0.1, 0.15) is 202 Å². The van der Waals surface area contributed by atoms with Crippen LogP contribution in [0.5, 0.6) is 11.5 Å². The van der Waals surface area contributed by atoms with Crippen molar-refractivity contribution < 1.29 is 106 Å². The lowest BCUT2D eigenvalue weighted by molar-refractivity contribution is -0.139. The van der Waals surface area contributed by atoms with Gasteiger partial charge in [0.1, 0.15) is 95.1 Å². The molecule has 141 heavy (non-hydrogen) atoms. The van der Waals surface area contributed by atoms with Crippen molar-refractivity contribution in [3.8, 4) is 11.5 Å². The van der Waals surface area contributed by atoms with E-state index in [-0.39, 0.29) is 107 Å². The Balaban J connectivity index is 1.16. The number of H-pyrrole nitrogens is 2. The van der Waals surface area contributed by atoms with Gasteiger partial charge in [0.2, 0.25) is 106 Å². The summed E-state index contributed by atoms with van der Waals surface area (Å²) in [5, 5.41) is 71.2. The number of primary amides is 3. The first-order chi connectivity index (χ1) is 66.5. The molecule has 3 heterocycles. The third-order valence-electron chi connectivity index (χ3n) is 23.8. The predicted octanol–water partition coefficient (Wildman–Crippen LogP) is 1.64. The van der Waals surface area contributed by atoms with Gasteiger partial charge in [-0.05, 0) is 180 Å². The minimum atomic E-state index is -1.96. The van der Waals surface area contributed by atoms with Crippen LogP contribution >= 0.6 is 0 Å². The van der Waals surface area contributed by atoms with Crippen molar-refractivity contribution in [2.75, 3.05) is 6.54 Å². The second-order valence-corrected chi connectivity index (χ2v) is 38.1. The molecule has 0 unspecified atom stereocenters. The quantitative estimate of drug-likeness (QED) is 0.0242. The molecule has 18 amide bonds. The smallest absolute Gasteiger partial charge is 0.303 e. The Hall–Kier alpha value is -14.8. The molecule has 0 radical (unpaired) electrons. The highest BCUT2D eigenvalue weighted by Gasteiger charge is 2.44. The number of aliphatic carboxylic acids is 1. The Kier molecular flexibility index (Phi) is 43.3. The summed E-state index contributed by atoms with van der Waals surface area (Å²) in [4.78, 5) is 275. The van der Waals surface area contributed by atoms with E-state index in [1.54, 1.807) is 116 Å². The monoisotopic (exact) mass is 1960 g/mol. The van der Waals surface area contributed by atoms with Crippen LogP contribution in [0, 0.1) is 23.7 Å². The van der Waals surface area contributed by atoms with Gasteiger partial charge >= 0.3 is 5.97 Å². The summed E-state index contributed by atoms with van der Waals surface area (Å²) < 4.78 is 0. The van der Waals surface area contributed by atoms with Gasteiger partial charge in [-0.3, -0.25) is 91.1 Å². The summed E-state index contributed by atoms with van der Waals surface area (Å²) in [6, 6.07) is 6.60. The normalized spacial score (nSPS) is 18.9. The summed E-state index contributed by atoms with van der Waals surface area (Å²) in [6.45, 7) is 18.5. The summed E-state index contributed by atoms with van der Waals surface area (Å²) in [7, 11) is 0. The van der Waals surface area contributed by atoms with Crippen molar-refractivity contribution >= 4 is 134 Å². The van der Waals surface area contributed by atoms with E-state index in [0.717, 1.165) is 10.9 Å². The number of carbonyl (C=O) groups excluding carboxylic acids is 18. The van der Waals surface area contributed by atoms with Crippen LogP contribution in [0.4, 0.5) is 0 Å². The van der Waals surface area contributed by atoms with Crippen LogP contribution in [0.25, 0.3) is 21.8 Å². The van der Waals surface area contributed by atoms with E-state index in [4.69, 9.17) is 17.2 Å². The van der Waals surface area contributed by atoms with Crippen LogP contribution < -0.4 is 97.0 Å². The van der Waals surface area contributed by atoms with Gasteiger partial charge in [-0.25, -0.2) is 0 Å². The van der Waals surface area contributed by atoms with Crippen molar-refractivity contribution in [3.05, 3.63) is 144 Å². The number of aromatic amines is 2. The minimum Gasteiger partial charge on any atom is -0.508 e. The highest BCUT2D eigenvalue weighted by atomic mass is 16.4. The molecular weight excluding hydrogens is 1820 g/mol.